The van der Waals surface area contributed by atoms with Gasteiger partial charge in [0, 0.05) is 44.2 Å². The Morgan fingerprint density at radius 2 is 1.08 bits per heavy atom. The highest BCUT2D eigenvalue weighted by Crippen LogP contribution is 2.29. The third kappa shape index (κ3) is 24.6. The highest BCUT2D eigenvalue weighted by atomic mass is 33.1. The summed E-state index contributed by atoms with van der Waals surface area (Å²) in [6, 6.07) is 5.79. The second-order valence-electron chi connectivity index (χ2n) is 10.2. The van der Waals surface area contributed by atoms with Crippen molar-refractivity contribution in [1.82, 2.24) is 10.0 Å². The molecule has 0 radical (unpaired) electrons. The van der Waals surface area contributed by atoms with Crippen LogP contribution in [-0.4, -0.2) is 145 Å². The SMILES string of the molecule is O=C(CCCOCCOCCOCCOCCOCCOCCOCCOCCC(=O)ON1C(=O)CCC1=O)CCSSc1ccccn1. The second kappa shape index (κ2) is 30.6. The molecule has 278 valence electrons. The van der Waals surface area contributed by atoms with Gasteiger partial charge < -0.3 is 42.7 Å². The molecule has 1 saturated heterocycles. The summed E-state index contributed by atoms with van der Waals surface area (Å²) in [5, 5.41) is 1.47. The molecule has 49 heavy (non-hydrogen) atoms. The molecule has 0 aliphatic carbocycles. The number of ketones is 1. The van der Waals surface area contributed by atoms with Crippen molar-refractivity contribution in [2.24, 2.45) is 0 Å². The molecule has 0 spiro atoms. The van der Waals surface area contributed by atoms with E-state index in [4.69, 9.17) is 42.7 Å². The molecule has 2 heterocycles. The van der Waals surface area contributed by atoms with Gasteiger partial charge in [-0.05, 0) is 29.3 Å². The zero-order valence-electron chi connectivity index (χ0n) is 28.1. The lowest BCUT2D eigenvalue weighted by atomic mass is 10.2. The molecule has 1 aromatic heterocycles. The Morgan fingerprint density at radius 3 is 1.55 bits per heavy atom. The van der Waals surface area contributed by atoms with E-state index in [1.165, 1.54) is 0 Å². The number of rotatable bonds is 34. The number of imide groups is 1. The van der Waals surface area contributed by atoms with Crippen LogP contribution in [0.15, 0.2) is 29.4 Å². The first-order chi connectivity index (χ1) is 24.1. The van der Waals surface area contributed by atoms with Gasteiger partial charge in [0.2, 0.25) is 0 Å². The molecule has 2 amide bonds. The Kier molecular flexibility index (Phi) is 26.9. The number of pyridine rings is 1. The topological polar surface area (TPSA) is 167 Å². The minimum absolute atomic E-state index is 0.0582. The molecule has 0 saturated carbocycles. The van der Waals surface area contributed by atoms with Crippen molar-refractivity contribution >= 4 is 45.2 Å². The van der Waals surface area contributed by atoms with Gasteiger partial charge in [0.25, 0.3) is 11.8 Å². The van der Waals surface area contributed by atoms with Crippen molar-refractivity contribution in [2.75, 3.05) is 111 Å². The molecule has 17 heteroatoms. The average Bonchev–Trinajstić information content (AvgIpc) is 3.42. The average molecular weight is 735 g/mol. The first-order valence-corrected chi connectivity index (χ1v) is 18.8. The molecule has 0 unspecified atom stereocenters. The Balaban J connectivity index is 1.18. The molecule has 1 aliphatic heterocycles. The molecule has 0 N–H and O–H groups in total. The predicted octanol–water partition coefficient (Wildman–Crippen LogP) is 2.69. The fourth-order valence-corrected chi connectivity index (χ4v) is 5.66. The molecule has 0 atom stereocenters. The van der Waals surface area contributed by atoms with Crippen LogP contribution in [0.5, 0.6) is 0 Å². The maximum atomic E-state index is 12.0. The van der Waals surface area contributed by atoms with E-state index in [1.54, 1.807) is 27.8 Å². The van der Waals surface area contributed by atoms with Gasteiger partial charge in [-0.3, -0.25) is 14.4 Å². The molecule has 0 aromatic carbocycles. The Hall–Kier alpha value is -2.19. The molecular weight excluding hydrogens is 684 g/mol. The fourth-order valence-electron chi connectivity index (χ4n) is 3.75. The number of carbonyl (C=O) groups is 4. The quantitative estimate of drug-likeness (QED) is 0.0575. The summed E-state index contributed by atoms with van der Waals surface area (Å²) in [5.74, 6) is -0.691. The first kappa shape index (κ1) is 43.0. The zero-order valence-corrected chi connectivity index (χ0v) is 29.7. The van der Waals surface area contributed by atoms with Gasteiger partial charge in [-0.1, -0.05) is 16.9 Å². The van der Waals surface area contributed by atoms with Crippen molar-refractivity contribution in [3.8, 4) is 0 Å². The van der Waals surface area contributed by atoms with E-state index in [2.05, 4.69) is 4.98 Å². The lowest BCUT2D eigenvalue weighted by molar-refractivity contribution is -0.198. The van der Waals surface area contributed by atoms with E-state index >= 15 is 0 Å². The summed E-state index contributed by atoms with van der Waals surface area (Å²) in [4.78, 5) is 55.4. The van der Waals surface area contributed by atoms with E-state index in [1.807, 2.05) is 18.2 Å². The van der Waals surface area contributed by atoms with Crippen molar-refractivity contribution in [2.45, 2.75) is 43.6 Å². The van der Waals surface area contributed by atoms with Crippen LogP contribution in [0.1, 0.15) is 38.5 Å². The van der Waals surface area contributed by atoms with Gasteiger partial charge in [0.05, 0.1) is 106 Å². The molecule has 2 rings (SSSR count). The van der Waals surface area contributed by atoms with Crippen LogP contribution in [0.25, 0.3) is 0 Å². The van der Waals surface area contributed by atoms with Gasteiger partial charge in [-0.25, -0.2) is 9.78 Å². The summed E-state index contributed by atoms with van der Waals surface area (Å²) in [5.41, 5.74) is 0. The van der Waals surface area contributed by atoms with Crippen molar-refractivity contribution in [3.05, 3.63) is 24.4 Å². The van der Waals surface area contributed by atoms with E-state index in [9.17, 15) is 19.2 Å². The highest BCUT2D eigenvalue weighted by Gasteiger charge is 2.32. The van der Waals surface area contributed by atoms with Gasteiger partial charge in [0.15, 0.2) is 0 Å². The third-order valence-electron chi connectivity index (χ3n) is 6.24. The van der Waals surface area contributed by atoms with Crippen LogP contribution in [0.3, 0.4) is 0 Å². The molecule has 1 fully saturated rings. The molecule has 15 nitrogen and oxygen atoms in total. The zero-order chi connectivity index (χ0) is 35.0. The number of ether oxygens (including phenoxy) is 8. The lowest BCUT2D eigenvalue weighted by Crippen LogP contribution is -2.32. The normalized spacial score (nSPS) is 13.0. The maximum Gasteiger partial charge on any atom is 0.335 e. The van der Waals surface area contributed by atoms with Gasteiger partial charge in [0.1, 0.15) is 10.8 Å². The molecule has 1 aliphatic rings. The smallest absolute Gasteiger partial charge is 0.335 e. The predicted molar refractivity (Wildman–Crippen MR) is 180 cm³/mol. The van der Waals surface area contributed by atoms with E-state index < -0.39 is 17.8 Å². The van der Waals surface area contributed by atoms with E-state index in [-0.39, 0.29) is 38.3 Å². The molecule has 1 aromatic rings. The number of hydrogen-bond acceptors (Lipinski definition) is 16. The van der Waals surface area contributed by atoms with Gasteiger partial charge in [-0.2, -0.15) is 0 Å². The first-order valence-electron chi connectivity index (χ1n) is 16.5. The Morgan fingerprint density at radius 1 is 0.612 bits per heavy atom. The van der Waals surface area contributed by atoms with Crippen LogP contribution >= 0.6 is 21.6 Å². The monoisotopic (exact) mass is 734 g/mol. The Bertz CT molecular complexity index is 1010. The molecule has 0 bridgehead atoms. The number of hydrogen-bond donors (Lipinski definition) is 0. The Labute approximate surface area is 296 Å². The summed E-state index contributed by atoms with van der Waals surface area (Å²) in [6.07, 6.45) is 3.62. The minimum Gasteiger partial charge on any atom is -0.379 e. The number of Topliss-reactive ketones (excluding diaryl/α,β-unsaturated/α-hetero) is 1. The van der Waals surface area contributed by atoms with Crippen molar-refractivity contribution in [1.29, 1.82) is 0 Å². The maximum absolute atomic E-state index is 12.0. The van der Waals surface area contributed by atoms with Crippen molar-refractivity contribution < 1.29 is 61.9 Å². The summed E-state index contributed by atoms with van der Waals surface area (Å²) in [7, 11) is 3.24. The summed E-state index contributed by atoms with van der Waals surface area (Å²) < 4.78 is 43.5. The summed E-state index contributed by atoms with van der Waals surface area (Å²) >= 11 is 0. The molecular formula is C32H50N2O13S2. The third-order valence-corrected chi connectivity index (χ3v) is 8.51. The van der Waals surface area contributed by atoms with Gasteiger partial charge >= 0.3 is 5.97 Å². The number of amides is 2. The minimum atomic E-state index is -0.700. The van der Waals surface area contributed by atoms with Crippen molar-refractivity contribution in [3.63, 3.8) is 0 Å². The van der Waals surface area contributed by atoms with E-state index in [0.29, 0.717) is 110 Å². The second-order valence-corrected chi connectivity index (χ2v) is 12.6. The summed E-state index contributed by atoms with van der Waals surface area (Å²) in [6.45, 7) is 6.72. The highest BCUT2D eigenvalue weighted by molar-refractivity contribution is 8.76. The lowest BCUT2D eigenvalue weighted by Gasteiger charge is -2.12. The number of hydroxylamine groups is 2. The number of carbonyl (C=O) groups excluding carboxylic acids is 4. The number of aromatic nitrogens is 1. The van der Waals surface area contributed by atoms with Crippen LogP contribution in [0.4, 0.5) is 0 Å². The largest absolute Gasteiger partial charge is 0.379 e. The van der Waals surface area contributed by atoms with Crippen LogP contribution < -0.4 is 0 Å². The fraction of sp³-hybridized carbons (Fsp3) is 0.719. The van der Waals surface area contributed by atoms with Crippen LogP contribution in [0, 0.1) is 0 Å². The van der Waals surface area contributed by atoms with Gasteiger partial charge in [-0.15, -0.1) is 5.06 Å². The number of nitrogens with zero attached hydrogens (tertiary/aromatic N) is 2. The van der Waals surface area contributed by atoms with Crippen LogP contribution in [-0.2, 0) is 61.9 Å². The van der Waals surface area contributed by atoms with E-state index in [0.717, 1.165) is 17.2 Å². The van der Waals surface area contributed by atoms with Crippen LogP contribution in [0.2, 0.25) is 0 Å². The standard InChI is InChI=1S/C32H50N2O13S2/c35-28(9-27-48-49-29-5-1-2-10-33-29)4-3-11-39-13-15-41-17-19-43-21-23-45-25-26-46-24-22-44-20-18-42-16-14-40-12-8-32(38)47-34-30(36)6-7-31(34)37/h1-2,5,10H,3-4,6-9,11-27H2.